The van der Waals surface area contributed by atoms with Crippen LogP contribution < -0.4 is 0 Å². The Bertz CT molecular complexity index is 517. The van der Waals surface area contributed by atoms with Crippen molar-refractivity contribution < 1.29 is 0 Å². The molecular formula is C12H13N3. The molecule has 1 aromatic heterocycles. The molecule has 15 heavy (non-hydrogen) atoms. The van der Waals surface area contributed by atoms with Gasteiger partial charge in [-0.3, -0.25) is 0 Å². The van der Waals surface area contributed by atoms with Crippen LogP contribution in [0.4, 0.5) is 0 Å². The molecule has 0 fully saturated rings. The van der Waals surface area contributed by atoms with Crippen LogP contribution in [0.15, 0.2) is 24.4 Å². The Labute approximate surface area is 88.9 Å². The molecule has 0 bridgehead atoms. The topological polar surface area (TPSA) is 42.8 Å². The lowest BCUT2D eigenvalue weighted by atomic mass is 10.1. The van der Waals surface area contributed by atoms with Gasteiger partial charge in [-0.2, -0.15) is 5.26 Å². The first-order valence-corrected chi connectivity index (χ1v) is 4.86. The fraction of sp³-hybridized carbons (Fsp3) is 0.250. The quantitative estimate of drug-likeness (QED) is 0.804. The molecule has 2 aromatic rings. The van der Waals surface area contributed by atoms with E-state index in [1.165, 1.54) is 5.56 Å². The van der Waals surface area contributed by atoms with E-state index in [2.05, 4.69) is 16.0 Å². The highest BCUT2D eigenvalue weighted by atomic mass is 15.0. The molecule has 0 aliphatic heterocycles. The van der Waals surface area contributed by atoms with Crippen LogP contribution in [0.25, 0.3) is 10.9 Å². The van der Waals surface area contributed by atoms with E-state index in [-0.39, 0.29) is 0 Å². The maximum absolute atomic E-state index is 8.95. The van der Waals surface area contributed by atoms with Crippen molar-refractivity contribution in [2.24, 2.45) is 0 Å². The maximum atomic E-state index is 8.95. The Balaban J connectivity index is 2.57. The normalized spacial score (nSPS) is 10.8. The van der Waals surface area contributed by atoms with Gasteiger partial charge in [-0.15, -0.1) is 0 Å². The van der Waals surface area contributed by atoms with E-state index in [1.54, 1.807) is 0 Å². The van der Waals surface area contributed by atoms with Crippen LogP contribution in [0.5, 0.6) is 0 Å². The lowest BCUT2D eigenvalue weighted by Gasteiger charge is -2.07. The number of hydrogen-bond acceptors (Lipinski definition) is 2. The predicted octanol–water partition coefficient (Wildman–Crippen LogP) is 2.10. The zero-order chi connectivity index (χ0) is 10.8. The predicted molar refractivity (Wildman–Crippen MR) is 60.4 cm³/mol. The smallest absolute Gasteiger partial charge is 0.101 e. The van der Waals surface area contributed by atoms with Crippen molar-refractivity contribution in [3.63, 3.8) is 0 Å². The van der Waals surface area contributed by atoms with Crippen molar-refractivity contribution in [1.82, 2.24) is 9.88 Å². The van der Waals surface area contributed by atoms with Gasteiger partial charge in [-0.05, 0) is 25.7 Å². The molecule has 0 aliphatic rings. The van der Waals surface area contributed by atoms with Crippen molar-refractivity contribution in [3.05, 3.63) is 35.5 Å². The van der Waals surface area contributed by atoms with Gasteiger partial charge < -0.3 is 9.88 Å². The maximum Gasteiger partial charge on any atom is 0.101 e. The highest BCUT2D eigenvalue weighted by Crippen LogP contribution is 2.21. The number of nitriles is 1. The summed E-state index contributed by atoms with van der Waals surface area (Å²) in [7, 11) is 4.07. The summed E-state index contributed by atoms with van der Waals surface area (Å²) < 4.78 is 0. The molecule has 0 amide bonds. The third-order valence-electron chi connectivity index (χ3n) is 2.41. The lowest BCUT2D eigenvalue weighted by molar-refractivity contribution is 0.404. The molecule has 76 valence electrons. The Morgan fingerprint density at radius 2 is 2.20 bits per heavy atom. The number of rotatable bonds is 2. The van der Waals surface area contributed by atoms with E-state index in [1.807, 2.05) is 38.5 Å². The number of fused-ring (bicyclic) bond motifs is 1. The van der Waals surface area contributed by atoms with E-state index < -0.39 is 0 Å². The van der Waals surface area contributed by atoms with Gasteiger partial charge >= 0.3 is 0 Å². The van der Waals surface area contributed by atoms with E-state index in [9.17, 15) is 0 Å². The molecule has 0 atom stereocenters. The summed E-state index contributed by atoms with van der Waals surface area (Å²) in [6, 6.07) is 7.99. The zero-order valence-electron chi connectivity index (χ0n) is 8.91. The third kappa shape index (κ3) is 1.72. The minimum Gasteiger partial charge on any atom is -0.360 e. The number of nitrogens with one attached hydrogen (secondary N) is 1. The summed E-state index contributed by atoms with van der Waals surface area (Å²) in [6.07, 6.45) is 1.98. The molecule has 3 heteroatoms. The zero-order valence-corrected chi connectivity index (χ0v) is 8.91. The van der Waals surface area contributed by atoms with Crippen molar-refractivity contribution in [3.8, 4) is 6.07 Å². The van der Waals surface area contributed by atoms with E-state index in [0.717, 1.165) is 17.4 Å². The van der Waals surface area contributed by atoms with Crippen LogP contribution in [0, 0.1) is 11.3 Å². The highest BCUT2D eigenvalue weighted by Gasteiger charge is 2.07. The monoisotopic (exact) mass is 199 g/mol. The Morgan fingerprint density at radius 3 is 2.87 bits per heavy atom. The summed E-state index contributed by atoms with van der Waals surface area (Å²) in [6.45, 7) is 0.884. The lowest BCUT2D eigenvalue weighted by Crippen LogP contribution is -2.10. The fourth-order valence-electron chi connectivity index (χ4n) is 1.78. The number of aromatic nitrogens is 1. The molecule has 0 spiro atoms. The number of H-pyrrole nitrogens is 1. The van der Waals surface area contributed by atoms with E-state index in [0.29, 0.717) is 5.56 Å². The Kier molecular flexibility index (Phi) is 2.44. The molecule has 0 saturated carbocycles. The summed E-state index contributed by atoms with van der Waals surface area (Å²) in [5.41, 5.74) is 2.88. The van der Waals surface area contributed by atoms with Gasteiger partial charge in [0.05, 0.1) is 11.1 Å². The molecule has 1 aromatic carbocycles. The van der Waals surface area contributed by atoms with Crippen LogP contribution in [0.3, 0.4) is 0 Å². The SMILES string of the molecule is CN(C)Cc1c[nH]c2c(C#N)cccc12. The molecule has 0 radical (unpaired) electrons. The molecule has 1 N–H and O–H groups in total. The van der Waals surface area contributed by atoms with Crippen LogP contribution in [0.2, 0.25) is 0 Å². The first kappa shape index (κ1) is 9.75. The second-order valence-corrected chi connectivity index (χ2v) is 3.89. The van der Waals surface area contributed by atoms with Gasteiger partial charge in [-0.25, -0.2) is 0 Å². The van der Waals surface area contributed by atoms with Gasteiger partial charge in [-0.1, -0.05) is 12.1 Å². The van der Waals surface area contributed by atoms with Crippen LogP contribution in [-0.4, -0.2) is 24.0 Å². The number of nitrogens with zero attached hydrogens (tertiary/aromatic N) is 2. The van der Waals surface area contributed by atoms with Crippen LogP contribution in [0.1, 0.15) is 11.1 Å². The van der Waals surface area contributed by atoms with Gasteiger partial charge in [0.2, 0.25) is 0 Å². The summed E-state index contributed by atoms with van der Waals surface area (Å²) >= 11 is 0. The Morgan fingerprint density at radius 1 is 1.40 bits per heavy atom. The van der Waals surface area contributed by atoms with E-state index >= 15 is 0 Å². The highest BCUT2D eigenvalue weighted by molar-refractivity contribution is 5.87. The first-order valence-electron chi connectivity index (χ1n) is 4.86. The molecule has 1 heterocycles. The summed E-state index contributed by atoms with van der Waals surface area (Å²) in [5, 5.41) is 10.1. The molecule has 0 aliphatic carbocycles. The van der Waals surface area contributed by atoms with Crippen molar-refractivity contribution in [2.45, 2.75) is 6.54 Å². The first-order chi connectivity index (χ1) is 7.22. The van der Waals surface area contributed by atoms with Crippen molar-refractivity contribution in [2.75, 3.05) is 14.1 Å². The average molecular weight is 199 g/mol. The molecule has 0 saturated heterocycles. The molecule has 2 rings (SSSR count). The number of benzene rings is 1. The third-order valence-corrected chi connectivity index (χ3v) is 2.41. The number of hydrogen-bond donors (Lipinski definition) is 1. The number of aromatic amines is 1. The standard InChI is InChI=1S/C12H13N3/c1-15(2)8-10-7-14-12-9(6-13)4-3-5-11(10)12/h3-5,7,14H,8H2,1-2H3. The van der Waals surface area contributed by atoms with Gasteiger partial charge in [0.25, 0.3) is 0 Å². The Hall–Kier alpha value is -1.79. The van der Waals surface area contributed by atoms with Crippen LogP contribution >= 0.6 is 0 Å². The number of para-hydroxylation sites is 1. The van der Waals surface area contributed by atoms with Gasteiger partial charge in [0.1, 0.15) is 6.07 Å². The minimum atomic E-state index is 0.706. The summed E-state index contributed by atoms with van der Waals surface area (Å²) in [4.78, 5) is 5.28. The molecular weight excluding hydrogens is 186 g/mol. The molecule has 3 nitrogen and oxygen atoms in total. The van der Waals surface area contributed by atoms with Gasteiger partial charge in [0.15, 0.2) is 0 Å². The van der Waals surface area contributed by atoms with Crippen molar-refractivity contribution in [1.29, 1.82) is 5.26 Å². The largest absolute Gasteiger partial charge is 0.360 e. The summed E-state index contributed by atoms with van der Waals surface area (Å²) in [5.74, 6) is 0. The van der Waals surface area contributed by atoms with Gasteiger partial charge in [0, 0.05) is 18.1 Å². The van der Waals surface area contributed by atoms with Crippen LogP contribution in [-0.2, 0) is 6.54 Å². The molecule has 0 unspecified atom stereocenters. The van der Waals surface area contributed by atoms with Crippen molar-refractivity contribution >= 4 is 10.9 Å². The fourth-order valence-corrected chi connectivity index (χ4v) is 1.78. The second-order valence-electron chi connectivity index (χ2n) is 3.89. The average Bonchev–Trinajstić information content (AvgIpc) is 2.61. The minimum absolute atomic E-state index is 0.706. The van der Waals surface area contributed by atoms with E-state index in [4.69, 9.17) is 5.26 Å². The second kappa shape index (κ2) is 3.76.